The van der Waals surface area contributed by atoms with Crippen molar-refractivity contribution in [2.75, 3.05) is 13.1 Å². The van der Waals surface area contributed by atoms with Gasteiger partial charge in [-0.1, -0.05) is 68.4 Å². The number of hydrogen-bond donors (Lipinski definition) is 1. The minimum absolute atomic E-state index is 0.151. The molecule has 2 aromatic rings. The molecule has 2 heteroatoms. The summed E-state index contributed by atoms with van der Waals surface area (Å²) < 4.78 is 0. The van der Waals surface area contributed by atoms with Crippen molar-refractivity contribution >= 4 is 5.78 Å². The molecule has 21 heavy (non-hydrogen) atoms. The Bertz CT molecular complexity index is 558. The first kappa shape index (κ1) is 15.5. The van der Waals surface area contributed by atoms with Crippen LogP contribution >= 0.6 is 0 Å². The van der Waals surface area contributed by atoms with Crippen LogP contribution in [0.1, 0.15) is 41.3 Å². The van der Waals surface area contributed by atoms with E-state index in [1.165, 1.54) is 11.1 Å². The van der Waals surface area contributed by atoms with Crippen LogP contribution in [0.15, 0.2) is 54.6 Å². The first-order valence-electron chi connectivity index (χ1n) is 7.54. The van der Waals surface area contributed by atoms with Gasteiger partial charge in [-0.3, -0.25) is 4.79 Å². The largest absolute Gasteiger partial charge is 0.309 e. The van der Waals surface area contributed by atoms with Gasteiger partial charge in [0, 0.05) is 5.56 Å². The van der Waals surface area contributed by atoms with Crippen LogP contribution < -0.4 is 5.32 Å². The van der Waals surface area contributed by atoms with Gasteiger partial charge in [0.05, 0.1) is 6.54 Å². The van der Waals surface area contributed by atoms with Crippen LogP contribution in [0.5, 0.6) is 0 Å². The van der Waals surface area contributed by atoms with E-state index in [9.17, 15) is 4.79 Å². The van der Waals surface area contributed by atoms with E-state index in [1.807, 2.05) is 42.5 Å². The third-order valence-electron chi connectivity index (χ3n) is 3.62. The molecule has 0 spiro atoms. The number of hydrogen-bond acceptors (Lipinski definition) is 2. The highest BCUT2D eigenvalue weighted by Crippen LogP contribution is 2.14. The highest BCUT2D eigenvalue weighted by atomic mass is 16.1. The first-order valence-corrected chi connectivity index (χ1v) is 7.54. The van der Waals surface area contributed by atoms with Crippen LogP contribution in [-0.2, 0) is 6.42 Å². The van der Waals surface area contributed by atoms with Crippen LogP contribution in [0.2, 0.25) is 0 Å². The van der Waals surface area contributed by atoms with Gasteiger partial charge in [0.15, 0.2) is 5.78 Å². The molecule has 0 fully saturated rings. The van der Waals surface area contributed by atoms with Crippen LogP contribution in [0.25, 0.3) is 0 Å². The average molecular weight is 281 g/mol. The highest BCUT2D eigenvalue weighted by molar-refractivity contribution is 5.97. The molecule has 0 atom stereocenters. The predicted molar refractivity (Wildman–Crippen MR) is 87.9 cm³/mol. The predicted octanol–water partition coefficient (Wildman–Crippen LogP) is 3.83. The smallest absolute Gasteiger partial charge is 0.176 e. The van der Waals surface area contributed by atoms with Crippen molar-refractivity contribution in [1.29, 1.82) is 0 Å². The summed E-state index contributed by atoms with van der Waals surface area (Å²) in [6, 6.07) is 18.2. The van der Waals surface area contributed by atoms with Gasteiger partial charge in [0.2, 0.25) is 0 Å². The normalized spacial score (nSPS) is 10.8. The Hall–Kier alpha value is -1.93. The maximum atomic E-state index is 12.1. The summed E-state index contributed by atoms with van der Waals surface area (Å²) in [6.45, 7) is 5.53. The van der Waals surface area contributed by atoms with Crippen LogP contribution in [0.3, 0.4) is 0 Å². The maximum Gasteiger partial charge on any atom is 0.176 e. The van der Waals surface area contributed by atoms with Crippen molar-refractivity contribution in [3.8, 4) is 0 Å². The Morgan fingerprint density at radius 3 is 2.29 bits per heavy atom. The molecular formula is C19H23NO. The van der Waals surface area contributed by atoms with Gasteiger partial charge in [-0.2, -0.15) is 0 Å². The number of carbonyl (C=O) groups excluding carboxylic acids is 1. The van der Waals surface area contributed by atoms with E-state index < -0.39 is 0 Å². The second-order valence-electron chi connectivity index (χ2n) is 5.61. The number of rotatable bonds is 7. The Kier molecular flexibility index (Phi) is 5.70. The number of nitrogens with one attached hydrogen (secondary N) is 1. The number of Topliss-reactive ketones (excluding diaryl/α,β-unsaturated/α-hetero) is 1. The minimum Gasteiger partial charge on any atom is -0.309 e. The lowest BCUT2D eigenvalue weighted by atomic mass is 10.0. The zero-order chi connectivity index (χ0) is 15.1. The van der Waals surface area contributed by atoms with Crippen LogP contribution in [-0.4, -0.2) is 18.9 Å². The summed E-state index contributed by atoms with van der Waals surface area (Å²) in [6.07, 6.45) is 0.945. The van der Waals surface area contributed by atoms with E-state index in [0.29, 0.717) is 12.5 Å². The lowest BCUT2D eigenvalue weighted by Crippen LogP contribution is -2.25. The van der Waals surface area contributed by atoms with Gasteiger partial charge in [0.25, 0.3) is 0 Å². The molecule has 0 saturated carbocycles. The van der Waals surface area contributed by atoms with Crippen molar-refractivity contribution in [3.63, 3.8) is 0 Å². The van der Waals surface area contributed by atoms with E-state index in [4.69, 9.17) is 0 Å². The fraction of sp³-hybridized carbons (Fsp3) is 0.316. The summed E-state index contributed by atoms with van der Waals surface area (Å²) in [4.78, 5) is 12.1. The lowest BCUT2D eigenvalue weighted by molar-refractivity contribution is 0.0991. The topological polar surface area (TPSA) is 29.1 Å². The number of carbonyl (C=O) groups is 1. The highest BCUT2D eigenvalue weighted by Gasteiger charge is 2.06. The van der Waals surface area contributed by atoms with Gasteiger partial charge < -0.3 is 5.32 Å². The molecule has 110 valence electrons. The van der Waals surface area contributed by atoms with Crippen LogP contribution in [0, 0.1) is 0 Å². The summed E-state index contributed by atoms with van der Waals surface area (Å²) in [5, 5.41) is 3.22. The Morgan fingerprint density at radius 2 is 1.67 bits per heavy atom. The van der Waals surface area contributed by atoms with Gasteiger partial charge in [-0.25, -0.2) is 0 Å². The van der Waals surface area contributed by atoms with Crippen molar-refractivity contribution in [3.05, 3.63) is 71.3 Å². The van der Waals surface area contributed by atoms with Gasteiger partial charge in [-0.05, 0) is 30.0 Å². The van der Waals surface area contributed by atoms with Crippen LogP contribution in [0.4, 0.5) is 0 Å². The minimum atomic E-state index is 0.151. The Labute approximate surface area is 127 Å². The molecule has 0 unspecified atom stereocenters. The third-order valence-corrected chi connectivity index (χ3v) is 3.62. The molecule has 2 rings (SSSR count). The molecule has 0 aliphatic carbocycles. The van der Waals surface area contributed by atoms with Gasteiger partial charge >= 0.3 is 0 Å². The molecule has 0 aliphatic rings. The summed E-state index contributed by atoms with van der Waals surface area (Å²) in [7, 11) is 0. The van der Waals surface area contributed by atoms with E-state index in [0.717, 1.165) is 18.5 Å². The SMILES string of the molecule is CC(C)c1ccc(C(=O)CNCCc2ccccc2)cc1. The fourth-order valence-corrected chi connectivity index (χ4v) is 2.24. The summed E-state index contributed by atoms with van der Waals surface area (Å²) in [5.41, 5.74) is 3.34. The first-order chi connectivity index (χ1) is 10.2. The molecule has 0 heterocycles. The zero-order valence-corrected chi connectivity index (χ0v) is 12.8. The van der Waals surface area contributed by atoms with Crippen molar-refractivity contribution in [2.45, 2.75) is 26.2 Å². The average Bonchev–Trinajstić information content (AvgIpc) is 2.52. The zero-order valence-electron chi connectivity index (χ0n) is 12.8. The number of benzene rings is 2. The molecule has 0 aromatic heterocycles. The monoisotopic (exact) mass is 281 g/mol. The standard InChI is InChI=1S/C19H23NO/c1-15(2)17-8-10-18(11-9-17)19(21)14-20-13-12-16-6-4-3-5-7-16/h3-11,15,20H,12-14H2,1-2H3. The molecule has 0 amide bonds. The molecule has 2 aromatic carbocycles. The van der Waals surface area contributed by atoms with E-state index in [2.05, 4.69) is 31.3 Å². The fourth-order valence-electron chi connectivity index (χ4n) is 2.24. The maximum absolute atomic E-state index is 12.1. The molecule has 2 nitrogen and oxygen atoms in total. The van der Waals surface area contributed by atoms with E-state index in [-0.39, 0.29) is 5.78 Å². The van der Waals surface area contributed by atoms with Gasteiger partial charge in [0.1, 0.15) is 0 Å². The summed E-state index contributed by atoms with van der Waals surface area (Å²) in [5.74, 6) is 0.650. The Morgan fingerprint density at radius 1 is 1.00 bits per heavy atom. The Balaban J connectivity index is 1.76. The lowest BCUT2D eigenvalue weighted by Gasteiger charge is -2.07. The van der Waals surface area contributed by atoms with Crippen molar-refractivity contribution in [1.82, 2.24) is 5.32 Å². The molecule has 0 saturated heterocycles. The summed E-state index contributed by atoms with van der Waals surface area (Å²) >= 11 is 0. The van der Waals surface area contributed by atoms with E-state index >= 15 is 0 Å². The molecular weight excluding hydrogens is 258 g/mol. The van der Waals surface area contributed by atoms with E-state index in [1.54, 1.807) is 0 Å². The second kappa shape index (κ2) is 7.75. The van der Waals surface area contributed by atoms with Crippen molar-refractivity contribution in [2.24, 2.45) is 0 Å². The molecule has 0 radical (unpaired) electrons. The molecule has 1 N–H and O–H groups in total. The second-order valence-corrected chi connectivity index (χ2v) is 5.61. The molecule has 0 aliphatic heterocycles. The third kappa shape index (κ3) is 4.83. The molecule has 0 bridgehead atoms. The quantitative estimate of drug-likeness (QED) is 0.617. The van der Waals surface area contributed by atoms with Crippen molar-refractivity contribution < 1.29 is 4.79 Å². The van der Waals surface area contributed by atoms with Gasteiger partial charge in [-0.15, -0.1) is 0 Å². The number of ketones is 1.